The Balaban J connectivity index is 1.65. The van der Waals surface area contributed by atoms with Crippen molar-refractivity contribution in [3.8, 4) is 22.9 Å². The van der Waals surface area contributed by atoms with Gasteiger partial charge in [-0.3, -0.25) is 14.7 Å². The molecule has 1 aromatic heterocycles. The summed E-state index contributed by atoms with van der Waals surface area (Å²) in [5.41, 5.74) is 1.81. The van der Waals surface area contributed by atoms with Gasteiger partial charge in [0.25, 0.3) is 0 Å². The molecule has 198 valence electrons. The van der Waals surface area contributed by atoms with Gasteiger partial charge in [-0.2, -0.15) is 0 Å². The number of halogens is 2. The molecular formula is C26H24BrFN4O5S. The number of ether oxygens (including phenoxy) is 3. The van der Waals surface area contributed by atoms with Gasteiger partial charge in [-0.1, -0.05) is 30.0 Å². The highest BCUT2D eigenvalue weighted by Crippen LogP contribution is 2.43. The van der Waals surface area contributed by atoms with Gasteiger partial charge in [0.15, 0.2) is 16.7 Å². The van der Waals surface area contributed by atoms with E-state index in [1.165, 1.54) is 24.9 Å². The Labute approximate surface area is 231 Å². The standard InChI is InChI=1S/C26H24BrFN4O5S/c1-16-29-30-26(32(16)19-8-10-20(35-2)11-9-19)38-24(14-31(33)34)18-12-21(27)25(23(13-18)36-3)37-15-17-6-4-5-7-22(17)28/h4-13,24H,14-15H2,1-3H3/t24-/m1/s1. The maximum Gasteiger partial charge on any atom is 0.220 e. The normalized spacial score (nSPS) is 11.7. The maximum atomic E-state index is 14.1. The number of hydrogen-bond donors (Lipinski definition) is 0. The van der Waals surface area contributed by atoms with Crippen LogP contribution in [0.4, 0.5) is 4.39 Å². The molecule has 38 heavy (non-hydrogen) atoms. The molecule has 0 spiro atoms. The Morgan fingerprint density at radius 2 is 1.84 bits per heavy atom. The van der Waals surface area contributed by atoms with Gasteiger partial charge in [0.1, 0.15) is 29.2 Å². The van der Waals surface area contributed by atoms with Crippen molar-refractivity contribution in [1.82, 2.24) is 14.8 Å². The minimum atomic E-state index is -0.628. The van der Waals surface area contributed by atoms with Gasteiger partial charge < -0.3 is 14.2 Å². The summed E-state index contributed by atoms with van der Waals surface area (Å²) >= 11 is 4.71. The zero-order valence-corrected chi connectivity index (χ0v) is 23.2. The molecule has 0 bridgehead atoms. The number of hydrogen-bond acceptors (Lipinski definition) is 8. The second-order valence-electron chi connectivity index (χ2n) is 8.10. The van der Waals surface area contributed by atoms with E-state index in [9.17, 15) is 14.5 Å². The third kappa shape index (κ3) is 6.25. The Morgan fingerprint density at radius 3 is 2.50 bits per heavy atom. The quantitative estimate of drug-likeness (QED) is 0.114. The monoisotopic (exact) mass is 602 g/mol. The Bertz CT molecular complexity index is 1430. The average molecular weight is 603 g/mol. The molecule has 0 amide bonds. The predicted octanol–water partition coefficient (Wildman–Crippen LogP) is 6.18. The summed E-state index contributed by atoms with van der Waals surface area (Å²) in [7, 11) is 3.06. The van der Waals surface area contributed by atoms with Crippen molar-refractivity contribution in [1.29, 1.82) is 0 Å². The largest absolute Gasteiger partial charge is 0.497 e. The molecule has 0 radical (unpaired) electrons. The van der Waals surface area contributed by atoms with Crippen LogP contribution < -0.4 is 14.2 Å². The molecule has 0 aliphatic heterocycles. The maximum absolute atomic E-state index is 14.1. The molecule has 0 saturated heterocycles. The van der Waals surface area contributed by atoms with Crippen molar-refractivity contribution in [2.24, 2.45) is 0 Å². The second kappa shape index (κ2) is 12.3. The lowest BCUT2D eigenvalue weighted by Crippen LogP contribution is -2.12. The molecule has 9 nitrogen and oxygen atoms in total. The van der Waals surface area contributed by atoms with E-state index in [0.29, 0.717) is 43.8 Å². The fraction of sp³-hybridized carbons (Fsp3) is 0.231. The Kier molecular flexibility index (Phi) is 8.85. The van der Waals surface area contributed by atoms with E-state index in [1.54, 1.807) is 37.4 Å². The number of nitro groups is 1. The van der Waals surface area contributed by atoms with Crippen molar-refractivity contribution in [2.45, 2.75) is 23.9 Å². The molecule has 0 saturated carbocycles. The first-order valence-electron chi connectivity index (χ1n) is 11.4. The lowest BCUT2D eigenvalue weighted by atomic mass is 10.1. The van der Waals surface area contributed by atoms with Crippen LogP contribution in [-0.2, 0) is 6.61 Å². The SMILES string of the molecule is COc1ccc(-n2c(C)nnc2S[C@H](C[N+](=O)[O-])c2cc(Br)c(OCc3ccccc3F)c(OC)c2)cc1. The summed E-state index contributed by atoms with van der Waals surface area (Å²) in [4.78, 5) is 11.3. The van der Waals surface area contributed by atoms with Crippen LogP contribution in [0.25, 0.3) is 5.69 Å². The molecular weight excluding hydrogens is 579 g/mol. The molecule has 1 heterocycles. The van der Waals surface area contributed by atoms with Crippen LogP contribution in [-0.4, -0.2) is 40.5 Å². The van der Waals surface area contributed by atoms with Crippen LogP contribution in [0.2, 0.25) is 0 Å². The van der Waals surface area contributed by atoms with Crippen LogP contribution >= 0.6 is 27.7 Å². The highest BCUT2D eigenvalue weighted by molar-refractivity contribution is 9.10. The molecule has 12 heteroatoms. The number of rotatable bonds is 11. The molecule has 0 N–H and O–H groups in total. The Morgan fingerprint density at radius 1 is 1.11 bits per heavy atom. The summed E-state index contributed by atoms with van der Waals surface area (Å²) < 4.78 is 33.1. The van der Waals surface area contributed by atoms with Gasteiger partial charge in [0.2, 0.25) is 6.54 Å². The summed E-state index contributed by atoms with van der Waals surface area (Å²) in [6, 6.07) is 17.1. The number of nitrogens with zero attached hydrogens (tertiary/aromatic N) is 4. The van der Waals surface area contributed by atoms with Crippen LogP contribution in [0.1, 0.15) is 22.2 Å². The summed E-state index contributed by atoms with van der Waals surface area (Å²) in [6.45, 7) is 1.42. The highest BCUT2D eigenvalue weighted by Gasteiger charge is 2.26. The molecule has 4 rings (SSSR count). The third-order valence-electron chi connectivity index (χ3n) is 5.64. The summed E-state index contributed by atoms with van der Waals surface area (Å²) in [5.74, 6) is 1.68. The van der Waals surface area contributed by atoms with E-state index in [1.807, 2.05) is 35.8 Å². The second-order valence-corrected chi connectivity index (χ2v) is 10.1. The van der Waals surface area contributed by atoms with Gasteiger partial charge in [-0.15, -0.1) is 10.2 Å². The lowest BCUT2D eigenvalue weighted by molar-refractivity contribution is -0.479. The Hall–Kier alpha value is -3.64. The van der Waals surface area contributed by atoms with Gasteiger partial charge in [0, 0.05) is 16.2 Å². The highest BCUT2D eigenvalue weighted by atomic mass is 79.9. The van der Waals surface area contributed by atoms with E-state index < -0.39 is 5.25 Å². The van der Waals surface area contributed by atoms with Crippen LogP contribution in [0.3, 0.4) is 0 Å². The van der Waals surface area contributed by atoms with Crippen molar-refractivity contribution in [2.75, 3.05) is 20.8 Å². The number of aryl methyl sites for hydroxylation is 1. The zero-order chi connectivity index (χ0) is 27.2. The van der Waals surface area contributed by atoms with E-state index in [4.69, 9.17) is 14.2 Å². The topological polar surface area (TPSA) is 102 Å². The first kappa shape index (κ1) is 27.4. The van der Waals surface area contributed by atoms with E-state index in [0.717, 1.165) is 5.69 Å². The number of aromatic nitrogens is 3. The average Bonchev–Trinajstić information content (AvgIpc) is 3.27. The smallest absolute Gasteiger partial charge is 0.220 e. The molecule has 0 fully saturated rings. The zero-order valence-electron chi connectivity index (χ0n) is 20.8. The van der Waals surface area contributed by atoms with Crippen molar-refractivity contribution >= 4 is 27.7 Å². The van der Waals surface area contributed by atoms with Gasteiger partial charge in [-0.25, -0.2) is 4.39 Å². The minimum absolute atomic E-state index is 0.0156. The first-order valence-corrected chi connectivity index (χ1v) is 13.1. The lowest BCUT2D eigenvalue weighted by Gasteiger charge is -2.18. The van der Waals surface area contributed by atoms with Crippen molar-refractivity contribution < 1.29 is 23.5 Å². The molecule has 0 aliphatic carbocycles. The van der Waals surface area contributed by atoms with E-state index in [2.05, 4.69) is 26.1 Å². The fourth-order valence-electron chi connectivity index (χ4n) is 3.75. The van der Waals surface area contributed by atoms with Gasteiger partial charge in [0.05, 0.1) is 18.7 Å². The minimum Gasteiger partial charge on any atom is -0.497 e. The molecule has 4 aromatic rings. The van der Waals surface area contributed by atoms with Crippen molar-refractivity contribution in [3.05, 3.63) is 98.0 Å². The molecule has 3 aromatic carbocycles. The van der Waals surface area contributed by atoms with Crippen LogP contribution in [0.15, 0.2) is 70.3 Å². The van der Waals surface area contributed by atoms with E-state index >= 15 is 0 Å². The fourth-order valence-corrected chi connectivity index (χ4v) is 5.48. The van der Waals surface area contributed by atoms with Gasteiger partial charge >= 0.3 is 0 Å². The molecule has 0 unspecified atom stereocenters. The number of methoxy groups -OCH3 is 2. The van der Waals surface area contributed by atoms with Crippen LogP contribution in [0, 0.1) is 22.9 Å². The van der Waals surface area contributed by atoms with Gasteiger partial charge in [-0.05, 0) is 70.9 Å². The molecule has 0 aliphatic rings. The van der Waals surface area contributed by atoms with E-state index in [-0.39, 0.29) is 23.9 Å². The van der Waals surface area contributed by atoms with Crippen molar-refractivity contribution in [3.63, 3.8) is 0 Å². The predicted molar refractivity (Wildman–Crippen MR) is 145 cm³/mol. The molecule has 1 atom stereocenters. The van der Waals surface area contributed by atoms with Crippen LogP contribution in [0.5, 0.6) is 17.2 Å². The third-order valence-corrected chi connectivity index (χ3v) is 7.41. The number of benzene rings is 3. The number of thioether (sulfide) groups is 1. The first-order chi connectivity index (χ1) is 18.3. The summed E-state index contributed by atoms with van der Waals surface area (Å²) in [5, 5.41) is 20.0. The summed E-state index contributed by atoms with van der Waals surface area (Å²) in [6.07, 6.45) is 0.